The van der Waals surface area contributed by atoms with E-state index in [9.17, 15) is 0 Å². The van der Waals surface area contributed by atoms with Crippen molar-refractivity contribution in [3.8, 4) is 0 Å². The molecule has 1 aliphatic heterocycles. The summed E-state index contributed by atoms with van der Waals surface area (Å²) in [6.45, 7) is 8.57. The van der Waals surface area contributed by atoms with Crippen molar-refractivity contribution in [3.63, 3.8) is 0 Å². The molecule has 1 heteroatoms. The molecule has 0 bridgehead atoms. The molecule has 1 saturated heterocycles. The summed E-state index contributed by atoms with van der Waals surface area (Å²) in [7, 11) is 0. The number of hydrogen-bond donors (Lipinski definition) is 0. The van der Waals surface area contributed by atoms with Gasteiger partial charge in [0.15, 0.2) is 0 Å². The Hall–Kier alpha value is -1.08. The first-order chi connectivity index (χ1) is 9.22. The second kappa shape index (κ2) is 6.91. The van der Waals surface area contributed by atoms with Gasteiger partial charge < -0.3 is 4.74 Å². The molecule has 19 heavy (non-hydrogen) atoms. The zero-order chi connectivity index (χ0) is 13.7. The highest BCUT2D eigenvalue weighted by molar-refractivity contribution is 5.69. The van der Waals surface area contributed by atoms with E-state index >= 15 is 0 Å². The monoisotopic (exact) mass is 258 g/mol. The first-order valence-electron chi connectivity index (χ1n) is 7.63. The van der Waals surface area contributed by atoms with Crippen molar-refractivity contribution < 1.29 is 4.74 Å². The quantitative estimate of drug-likeness (QED) is 0.465. The summed E-state index contributed by atoms with van der Waals surface area (Å²) in [5.74, 6) is 0. The highest BCUT2D eigenvalue weighted by Crippen LogP contribution is 2.37. The lowest BCUT2D eigenvalue weighted by Gasteiger charge is -2.03. The van der Waals surface area contributed by atoms with Crippen molar-refractivity contribution in [2.24, 2.45) is 0 Å². The molecule has 1 fully saturated rings. The second-order valence-corrected chi connectivity index (χ2v) is 5.69. The Kier molecular flexibility index (Phi) is 5.21. The lowest BCUT2D eigenvalue weighted by molar-refractivity contribution is 0.375. The van der Waals surface area contributed by atoms with Gasteiger partial charge in [0.25, 0.3) is 0 Å². The Bertz CT molecular complexity index is 404. The molecule has 2 rings (SSSR count). The third-order valence-electron chi connectivity index (χ3n) is 3.94. The zero-order valence-electron chi connectivity index (χ0n) is 12.3. The van der Waals surface area contributed by atoms with E-state index < -0.39 is 0 Å². The number of ether oxygens (including phenoxy) is 1. The molecular formula is C18H26O. The Morgan fingerprint density at radius 1 is 1.11 bits per heavy atom. The number of rotatable bonds is 8. The molecule has 1 nitrogen and oxygen atoms in total. The largest absolute Gasteiger partial charge is 0.365 e. The third-order valence-corrected chi connectivity index (χ3v) is 3.94. The van der Waals surface area contributed by atoms with Crippen LogP contribution in [0.2, 0.25) is 0 Å². The molecule has 0 amide bonds. The fourth-order valence-electron chi connectivity index (χ4n) is 2.55. The van der Waals surface area contributed by atoms with Crippen molar-refractivity contribution in [2.75, 3.05) is 0 Å². The van der Waals surface area contributed by atoms with E-state index in [1.165, 1.54) is 49.7 Å². The van der Waals surface area contributed by atoms with E-state index in [1.54, 1.807) is 0 Å². The molecule has 1 aliphatic rings. The van der Waals surface area contributed by atoms with Gasteiger partial charge in [-0.15, -0.1) is 0 Å². The third kappa shape index (κ3) is 4.21. The minimum Gasteiger partial charge on any atom is -0.365 e. The maximum atomic E-state index is 5.77. The molecule has 0 radical (unpaired) electrons. The van der Waals surface area contributed by atoms with Gasteiger partial charge in [-0.1, -0.05) is 75.4 Å². The van der Waals surface area contributed by atoms with Crippen LogP contribution < -0.4 is 0 Å². The topological polar surface area (TPSA) is 12.5 Å². The van der Waals surface area contributed by atoms with Crippen LogP contribution in [0.4, 0.5) is 0 Å². The lowest BCUT2D eigenvalue weighted by atomic mass is 9.99. The summed E-state index contributed by atoms with van der Waals surface area (Å²) in [6.07, 6.45) is 8.58. The molecule has 2 atom stereocenters. The van der Waals surface area contributed by atoms with E-state index in [-0.39, 0.29) is 6.10 Å². The molecule has 1 aromatic carbocycles. The Balaban J connectivity index is 1.70. The predicted molar refractivity (Wildman–Crippen MR) is 82.3 cm³/mol. The fraction of sp³-hybridized carbons (Fsp3) is 0.556. The minimum atomic E-state index is 0.272. The number of hydrogen-bond acceptors (Lipinski definition) is 1. The molecule has 0 N–H and O–H groups in total. The second-order valence-electron chi connectivity index (χ2n) is 5.69. The Morgan fingerprint density at radius 3 is 2.47 bits per heavy atom. The predicted octanol–water partition coefficient (Wildman–Crippen LogP) is 5.14. The molecule has 0 aromatic heterocycles. The maximum absolute atomic E-state index is 5.77. The smallest absolute Gasteiger partial charge is 0.109 e. The van der Waals surface area contributed by atoms with Crippen molar-refractivity contribution >= 4 is 5.57 Å². The number of benzene rings is 1. The van der Waals surface area contributed by atoms with Crippen LogP contribution in [0.5, 0.6) is 0 Å². The van der Waals surface area contributed by atoms with Crippen LogP contribution in [0.25, 0.3) is 5.57 Å². The highest BCUT2D eigenvalue weighted by atomic mass is 16.6. The molecule has 104 valence electrons. The van der Waals surface area contributed by atoms with Gasteiger partial charge in [-0.05, 0) is 24.5 Å². The van der Waals surface area contributed by atoms with Crippen LogP contribution in [0, 0.1) is 6.92 Å². The summed E-state index contributed by atoms with van der Waals surface area (Å²) in [6, 6.07) is 8.58. The van der Waals surface area contributed by atoms with Crippen LogP contribution >= 0.6 is 0 Å². The SMILES string of the molecule is C=C(c1ccc(C)cc1)[C@@H]1O[C@H]1CCCCCCC. The lowest BCUT2D eigenvalue weighted by Crippen LogP contribution is -1.97. The van der Waals surface area contributed by atoms with Gasteiger partial charge in [0, 0.05) is 0 Å². The number of aryl methyl sites for hydroxylation is 1. The molecule has 0 spiro atoms. The minimum absolute atomic E-state index is 0.272. The normalized spacial score (nSPS) is 21.4. The summed E-state index contributed by atoms with van der Waals surface area (Å²) in [5, 5.41) is 0. The van der Waals surface area contributed by atoms with Crippen molar-refractivity contribution in [2.45, 2.75) is 64.6 Å². The van der Waals surface area contributed by atoms with Crippen molar-refractivity contribution in [3.05, 3.63) is 42.0 Å². The average molecular weight is 258 g/mol. The van der Waals surface area contributed by atoms with E-state index in [0.29, 0.717) is 6.10 Å². The highest BCUT2D eigenvalue weighted by Gasteiger charge is 2.40. The van der Waals surface area contributed by atoms with Crippen LogP contribution in [0.1, 0.15) is 56.6 Å². The Morgan fingerprint density at radius 2 is 1.79 bits per heavy atom. The van der Waals surface area contributed by atoms with Crippen molar-refractivity contribution in [1.82, 2.24) is 0 Å². The standard InChI is InChI=1S/C18H26O/c1-4-5-6-7-8-9-17-18(19-17)15(3)16-12-10-14(2)11-13-16/h10-13,17-18H,3-9H2,1-2H3/t17-,18-/m0/s1. The van der Waals surface area contributed by atoms with E-state index in [0.717, 1.165) is 5.57 Å². The fourth-order valence-corrected chi connectivity index (χ4v) is 2.55. The van der Waals surface area contributed by atoms with Gasteiger partial charge in [-0.2, -0.15) is 0 Å². The first-order valence-corrected chi connectivity index (χ1v) is 7.63. The molecule has 0 aliphatic carbocycles. The van der Waals surface area contributed by atoms with Gasteiger partial charge in [-0.25, -0.2) is 0 Å². The van der Waals surface area contributed by atoms with Gasteiger partial charge in [0.05, 0.1) is 6.10 Å². The van der Waals surface area contributed by atoms with Crippen molar-refractivity contribution in [1.29, 1.82) is 0 Å². The molecule has 0 unspecified atom stereocenters. The zero-order valence-corrected chi connectivity index (χ0v) is 12.3. The van der Waals surface area contributed by atoms with Gasteiger partial charge in [-0.3, -0.25) is 0 Å². The van der Waals surface area contributed by atoms with Crippen LogP contribution in [-0.4, -0.2) is 12.2 Å². The van der Waals surface area contributed by atoms with E-state index in [2.05, 4.69) is 44.7 Å². The average Bonchev–Trinajstić information content (AvgIpc) is 3.18. The van der Waals surface area contributed by atoms with Crippen LogP contribution in [-0.2, 0) is 4.74 Å². The maximum Gasteiger partial charge on any atom is 0.109 e. The summed E-state index contributed by atoms with van der Waals surface area (Å²) in [5.41, 5.74) is 3.67. The van der Waals surface area contributed by atoms with Crippen LogP contribution in [0.15, 0.2) is 30.8 Å². The number of epoxide rings is 1. The summed E-state index contributed by atoms with van der Waals surface area (Å²) in [4.78, 5) is 0. The molecule has 0 saturated carbocycles. The Labute approximate surface area is 117 Å². The first kappa shape index (κ1) is 14.3. The summed E-state index contributed by atoms with van der Waals surface area (Å²) >= 11 is 0. The van der Waals surface area contributed by atoms with Crippen LogP contribution in [0.3, 0.4) is 0 Å². The summed E-state index contributed by atoms with van der Waals surface area (Å²) < 4.78 is 5.77. The molecular weight excluding hydrogens is 232 g/mol. The van der Waals surface area contributed by atoms with E-state index in [4.69, 9.17) is 4.74 Å². The number of unbranched alkanes of at least 4 members (excludes halogenated alkanes) is 4. The van der Waals surface area contributed by atoms with Gasteiger partial charge >= 0.3 is 0 Å². The molecule has 1 aromatic rings. The van der Waals surface area contributed by atoms with E-state index in [1.807, 2.05) is 0 Å². The molecule has 1 heterocycles. The van der Waals surface area contributed by atoms with Gasteiger partial charge in [0.2, 0.25) is 0 Å². The van der Waals surface area contributed by atoms with Gasteiger partial charge in [0.1, 0.15) is 6.10 Å².